The van der Waals surface area contributed by atoms with Gasteiger partial charge in [0.25, 0.3) is 0 Å². The molecule has 2 aliphatic carbocycles. The molecular formula is C11H15F3N2O. The van der Waals surface area contributed by atoms with Crippen LogP contribution in [-0.2, 0) is 4.74 Å². The van der Waals surface area contributed by atoms with Gasteiger partial charge in [0.05, 0.1) is 12.2 Å². The first-order valence-corrected chi connectivity index (χ1v) is 5.80. The van der Waals surface area contributed by atoms with Crippen LogP contribution < -0.4 is 5.32 Å². The van der Waals surface area contributed by atoms with Gasteiger partial charge in [-0.05, 0) is 25.7 Å². The Bertz CT molecular complexity index is 322. The molecule has 0 saturated heterocycles. The number of hydrogen-bond donors (Lipinski definition) is 1. The van der Waals surface area contributed by atoms with Crippen LogP contribution in [0.1, 0.15) is 32.1 Å². The molecule has 2 saturated carbocycles. The van der Waals surface area contributed by atoms with E-state index >= 15 is 0 Å². The molecule has 0 spiro atoms. The van der Waals surface area contributed by atoms with Crippen LogP contribution >= 0.6 is 0 Å². The smallest absolute Gasteiger partial charge is 0.369 e. The molecule has 1 N–H and O–H groups in total. The van der Waals surface area contributed by atoms with Gasteiger partial charge >= 0.3 is 6.18 Å². The van der Waals surface area contributed by atoms with Crippen molar-refractivity contribution in [1.82, 2.24) is 5.32 Å². The van der Waals surface area contributed by atoms with E-state index in [0.717, 1.165) is 12.8 Å². The number of nitrogens with one attached hydrogen (secondary N) is 1. The zero-order valence-corrected chi connectivity index (χ0v) is 9.39. The minimum atomic E-state index is -4.29. The van der Waals surface area contributed by atoms with E-state index in [2.05, 4.69) is 11.4 Å². The van der Waals surface area contributed by atoms with Gasteiger partial charge in [-0.1, -0.05) is 0 Å². The normalized spacial score (nSPS) is 33.6. The van der Waals surface area contributed by atoms with Crippen molar-refractivity contribution in [2.45, 2.75) is 56.0 Å². The molecule has 2 rings (SSSR count). The van der Waals surface area contributed by atoms with Crippen LogP contribution in [0, 0.1) is 11.3 Å². The molecule has 0 radical (unpaired) electrons. The number of nitriles is 1. The van der Waals surface area contributed by atoms with Crippen LogP contribution in [0.2, 0.25) is 0 Å². The van der Waals surface area contributed by atoms with Crippen molar-refractivity contribution >= 4 is 0 Å². The Morgan fingerprint density at radius 1 is 1.35 bits per heavy atom. The van der Waals surface area contributed by atoms with Crippen LogP contribution in [0.3, 0.4) is 0 Å². The van der Waals surface area contributed by atoms with Gasteiger partial charge in [0, 0.05) is 12.5 Å². The van der Waals surface area contributed by atoms with Gasteiger partial charge in [-0.2, -0.15) is 18.4 Å². The average Bonchev–Trinajstić information content (AvgIpc) is 2.94. The van der Waals surface area contributed by atoms with E-state index < -0.39 is 24.4 Å². The van der Waals surface area contributed by atoms with E-state index in [9.17, 15) is 13.2 Å². The van der Waals surface area contributed by atoms with Crippen molar-refractivity contribution in [3.8, 4) is 6.07 Å². The van der Waals surface area contributed by atoms with Crippen LogP contribution in [0.5, 0.6) is 0 Å². The summed E-state index contributed by atoms with van der Waals surface area (Å²) in [6.45, 7) is -1.22. The molecular weight excluding hydrogens is 233 g/mol. The maximum Gasteiger partial charge on any atom is 0.411 e. The van der Waals surface area contributed by atoms with Crippen LogP contribution in [-0.4, -0.2) is 30.5 Å². The molecule has 0 aromatic carbocycles. The zero-order valence-electron chi connectivity index (χ0n) is 9.39. The summed E-state index contributed by atoms with van der Waals surface area (Å²) in [7, 11) is 0. The van der Waals surface area contributed by atoms with E-state index in [1.165, 1.54) is 0 Å². The van der Waals surface area contributed by atoms with Crippen molar-refractivity contribution in [1.29, 1.82) is 5.26 Å². The highest BCUT2D eigenvalue weighted by atomic mass is 19.4. The Balaban J connectivity index is 1.82. The van der Waals surface area contributed by atoms with Gasteiger partial charge in [0.1, 0.15) is 12.1 Å². The molecule has 2 aliphatic rings. The standard InChI is InChI=1S/C11H15F3N2O/c12-11(13,14)7-17-9-3-4-10(5-9,6-15)16-8-1-2-8/h8-9,16H,1-5,7H2. The van der Waals surface area contributed by atoms with Gasteiger partial charge in [-0.25, -0.2) is 0 Å². The van der Waals surface area contributed by atoms with Gasteiger partial charge in [-0.15, -0.1) is 0 Å². The second-order valence-corrected chi connectivity index (χ2v) is 4.90. The van der Waals surface area contributed by atoms with Crippen molar-refractivity contribution in [3.05, 3.63) is 0 Å². The average molecular weight is 248 g/mol. The molecule has 2 atom stereocenters. The lowest BCUT2D eigenvalue weighted by molar-refractivity contribution is -0.184. The minimum absolute atomic E-state index is 0.357. The van der Waals surface area contributed by atoms with Gasteiger partial charge in [-0.3, -0.25) is 5.32 Å². The topological polar surface area (TPSA) is 45.0 Å². The summed E-state index contributed by atoms with van der Waals surface area (Å²) in [6.07, 6.45) is -1.19. The molecule has 0 aliphatic heterocycles. The Kier molecular flexibility index (Phi) is 3.32. The van der Waals surface area contributed by atoms with Crippen molar-refractivity contribution in [2.24, 2.45) is 0 Å². The lowest BCUT2D eigenvalue weighted by Crippen LogP contribution is -2.43. The van der Waals surface area contributed by atoms with E-state index in [1.807, 2.05) is 0 Å². The third-order valence-corrected chi connectivity index (χ3v) is 3.22. The first kappa shape index (κ1) is 12.7. The van der Waals surface area contributed by atoms with E-state index in [4.69, 9.17) is 10.00 Å². The lowest BCUT2D eigenvalue weighted by atomic mass is 9.99. The highest BCUT2D eigenvalue weighted by molar-refractivity contribution is 5.14. The molecule has 0 amide bonds. The van der Waals surface area contributed by atoms with Crippen LogP contribution in [0.25, 0.3) is 0 Å². The Morgan fingerprint density at radius 2 is 2.06 bits per heavy atom. The summed E-state index contributed by atoms with van der Waals surface area (Å²) in [5.74, 6) is 0. The second-order valence-electron chi connectivity index (χ2n) is 4.90. The summed E-state index contributed by atoms with van der Waals surface area (Å²) >= 11 is 0. The van der Waals surface area contributed by atoms with Crippen molar-refractivity contribution in [2.75, 3.05) is 6.61 Å². The zero-order chi connectivity index (χ0) is 12.5. The maximum absolute atomic E-state index is 12.0. The third kappa shape index (κ3) is 3.58. The largest absolute Gasteiger partial charge is 0.411 e. The lowest BCUT2D eigenvalue weighted by Gasteiger charge is -2.22. The van der Waals surface area contributed by atoms with Gasteiger partial charge in [0.2, 0.25) is 0 Å². The van der Waals surface area contributed by atoms with Crippen LogP contribution in [0.15, 0.2) is 0 Å². The fourth-order valence-electron chi connectivity index (χ4n) is 2.24. The number of alkyl halides is 3. The molecule has 2 unspecified atom stereocenters. The van der Waals surface area contributed by atoms with Crippen molar-refractivity contribution < 1.29 is 17.9 Å². The van der Waals surface area contributed by atoms with Gasteiger partial charge < -0.3 is 4.74 Å². The highest BCUT2D eigenvalue weighted by Crippen LogP contribution is 2.35. The summed E-state index contributed by atoms with van der Waals surface area (Å²) < 4.78 is 40.8. The molecule has 6 heteroatoms. The Morgan fingerprint density at radius 3 is 2.59 bits per heavy atom. The monoisotopic (exact) mass is 248 g/mol. The quantitative estimate of drug-likeness (QED) is 0.829. The summed E-state index contributed by atoms with van der Waals surface area (Å²) in [6, 6.07) is 2.57. The number of rotatable bonds is 4. The Labute approximate surface area is 97.9 Å². The number of ether oxygens (including phenoxy) is 1. The third-order valence-electron chi connectivity index (χ3n) is 3.22. The molecule has 0 aromatic rings. The molecule has 17 heavy (non-hydrogen) atoms. The molecule has 3 nitrogen and oxygen atoms in total. The summed E-state index contributed by atoms with van der Waals surface area (Å²) in [4.78, 5) is 0. The first-order chi connectivity index (χ1) is 7.92. The Hall–Kier alpha value is -0.800. The predicted octanol–water partition coefficient (Wildman–Crippen LogP) is 2.13. The second kappa shape index (κ2) is 4.46. The van der Waals surface area contributed by atoms with E-state index in [-0.39, 0.29) is 0 Å². The first-order valence-electron chi connectivity index (χ1n) is 5.80. The molecule has 0 heterocycles. The molecule has 96 valence electrons. The van der Waals surface area contributed by atoms with Crippen LogP contribution in [0.4, 0.5) is 13.2 Å². The number of hydrogen-bond acceptors (Lipinski definition) is 3. The fraction of sp³-hybridized carbons (Fsp3) is 0.909. The predicted molar refractivity (Wildman–Crippen MR) is 54.1 cm³/mol. The summed E-state index contributed by atoms with van der Waals surface area (Å²) in [5, 5.41) is 12.4. The number of nitrogens with zero attached hydrogens (tertiary/aromatic N) is 1. The highest BCUT2D eigenvalue weighted by Gasteiger charge is 2.44. The molecule has 0 bridgehead atoms. The van der Waals surface area contributed by atoms with Crippen molar-refractivity contribution in [3.63, 3.8) is 0 Å². The molecule has 0 aromatic heterocycles. The van der Waals surface area contributed by atoms with E-state index in [1.54, 1.807) is 0 Å². The van der Waals surface area contributed by atoms with Gasteiger partial charge in [0.15, 0.2) is 0 Å². The van der Waals surface area contributed by atoms with E-state index in [0.29, 0.717) is 25.3 Å². The number of halogens is 3. The molecule has 2 fully saturated rings. The fourth-order valence-corrected chi connectivity index (χ4v) is 2.24. The SMILES string of the molecule is N#CC1(NC2CC2)CCC(OCC(F)(F)F)C1. The minimum Gasteiger partial charge on any atom is -0.369 e. The maximum atomic E-state index is 12.0. The summed E-state index contributed by atoms with van der Waals surface area (Å²) in [5.41, 5.74) is -0.669.